The van der Waals surface area contributed by atoms with Gasteiger partial charge < -0.3 is 0 Å². The molecule has 1 unspecified atom stereocenters. The quantitative estimate of drug-likeness (QED) is 0.744. The molecular formula is C11H15NO2. The fraction of sp³-hybridized carbons (Fsp3) is 0.364. The van der Waals surface area contributed by atoms with Crippen LogP contribution in [-0.4, -0.2) is 12.0 Å². The summed E-state index contributed by atoms with van der Waals surface area (Å²) in [5.41, 5.74) is 3.02. The Kier molecular flexibility index (Phi) is 4.13. The summed E-state index contributed by atoms with van der Waals surface area (Å²) in [5, 5.41) is 0. The highest BCUT2D eigenvalue weighted by molar-refractivity contribution is 5.93. The lowest BCUT2D eigenvalue weighted by molar-refractivity contribution is -0.00898. The third-order valence-corrected chi connectivity index (χ3v) is 1.96. The van der Waals surface area contributed by atoms with Crippen LogP contribution < -0.4 is 5.48 Å². The number of nitrogens with one attached hydrogen (secondary N) is 1. The largest absolute Gasteiger partial charge is 0.274 e. The molecule has 1 amide bonds. The molecule has 0 aliphatic rings. The first-order valence-corrected chi connectivity index (χ1v) is 4.75. The molecule has 1 N–H and O–H groups in total. The van der Waals surface area contributed by atoms with E-state index in [-0.39, 0.29) is 12.0 Å². The minimum atomic E-state index is -0.203. The lowest BCUT2D eigenvalue weighted by Crippen LogP contribution is -2.27. The van der Waals surface area contributed by atoms with Crippen LogP contribution in [0.15, 0.2) is 30.3 Å². The number of hydrogen-bond acceptors (Lipinski definition) is 2. The standard InChI is InChI=1S/C11H15NO2/c1-3-9(2)14-12-11(13)10-7-5-4-6-8-10/h4-9H,3H2,1-2H3,(H,12,13). The van der Waals surface area contributed by atoms with Gasteiger partial charge in [-0.1, -0.05) is 25.1 Å². The second-order valence-corrected chi connectivity index (χ2v) is 3.13. The Labute approximate surface area is 84.0 Å². The van der Waals surface area contributed by atoms with Crippen LogP contribution in [0.5, 0.6) is 0 Å². The molecule has 0 saturated heterocycles. The SMILES string of the molecule is CCC(C)ONC(=O)c1ccccc1. The maximum absolute atomic E-state index is 11.4. The first kappa shape index (κ1) is 10.7. The highest BCUT2D eigenvalue weighted by Gasteiger charge is 2.05. The molecule has 0 bridgehead atoms. The van der Waals surface area contributed by atoms with Crippen molar-refractivity contribution in [1.29, 1.82) is 0 Å². The molecule has 0 saturated carbocycles. The van der Waals surface area contributed by atoms with Gasteiger partial charge in [0.2, 0.25) is 0 Å². The predicted octanol–water partition coefficient (Wildman–Crippen LogP) is 2.15. The predicted molar refractivity (Wildman–Crippen MR) is 54.7 cm³/mol. The van der Waals surface area contributed by atoms with Crippen molar-refractivity contribution in [3.63, 3.8) is 0 Å². The van der Waals surface area contributed by atoms with Crippen molar-refractivity contribution >= 4 is 5.91 Å². The zero-order valence-corrected chi connectivity index (χ0v) is 8.49. The number of benzene rings is 1. The van der Waals surface area contributed by atoms with Crippen LogP contribution >= 0.6 is 0 Å². The Hall–Kier alpha value is -1.35. The maximum Gasteiger partial charge on any atom is 0.274 e. The molecule has 1 aromatic rings. The number of amides is 1. The zero-order valence-electron chi connectivity index (χ0n) is 8.49. The van der Waals surface area contributed by atoms with Crippen molar-refractivity contribution in [1.82, 2.24) is 5.48 Å². The summed E-state index contributed by atoms with van der Waals surface area (Å²) in [4.78, 5) is 16.5. The van der Waals surface area contributed by atoms with Gasteiger partial charge in [-0.3, -0.25) is 9.63 Å². The Bertz CT molecular complexity index is 285. The number of rotatable bonds is 4. The van der Waals surface area contributed by atoms with Crippen molar-refractivity contribution < 1.29 is 9.63 Å². The molecule has 0 aliphatic carbocycles. The van der Waals surface area contributed by atoms with E-state index in [0.29, 0.717) is 5.56 Å². The van der Waals surface area contributed by atoms with Gasteiger partial charge in [0.15, 0.2) is 0 Å². The van der Waals surface area contributed by atoms with E-state index in [1.165, 1.54) is 0 Å². The van der Waals surface area contributed by atoms with E-state index in [0.717, 1.165) is 6.42 Å². The minimum absolute atomic E-state index is 0.0441. The highest BCUT2D eigenvalue weighted by Crippen LogP contribution is 1.99. The monoisotopic (exact) mass is 193 g/mol. The third-order valence-electron chi connectivity index (χ3n) is 1.96. The number of hydroxylamine groups is 1. The van der Waals surface area contributed by atoms with E-state index in [9.17, 15) is 4.79 Å². The molecule has 3 nitrogen and oxygen atoms in total. The second-order valence-electron chi connectivity index (χ2n) is 3.13. The van der Waals surface area contributed by atoms with Crippen LogP contribution in [0.3, 0.4) is 0 Å². The summed E-state index contributed by atoms with van der Waals surface area (Å²) in [6.45, 7) is 3.91. The van der Waals surface area contributed by atoms with E-state index >= 15 is 0 Å². The third kappa shape index (κ3) is 3.18. The van der Waals surface area contributed by atoms with Crippen LogP contribution in [-0.2, 0) is 4.84 Å². The van der Waals surface area contributed by atoms with E-state index < -0.39 is 0 Å². The molecule has 3 heteroatoms. The summed E-state index contributed by atoms with van der Waals surface area (Å²) < 4.78 is 0. The van der Waals surface area contributed by atoms with Gasteiger partial charge in [0.05, 0.1) is 6.10 Å². The van der Waals surface area contributed by atoms with Gasteiger partial charge in [-0.25, -0.2) is 5.48 Å². The highest BCUT2D eigenvalue weighted by atomic mass is 16.7. The first-order valence-electron chi connectivity index (χ1n) is 4.75. The summed E-state index contributed by atoms with van der Waals surface area (Å²) >= 11 is 0. The second kappa shape index (κ2) is 5.40. The molecule has 0 radical (unpaired) electrons. The molecule has 0 fully saturated rings. The van der Waals surface area contributed by atoms with E-state index in [1.54, 1.807) is 12.1 Å². The normalized spacial score (nSPS) is 12.1. The summed E-state index contributed by atoms with van der Waals surface area (Å²) in [6.07, 6.45) is 0.914. The van der Waals surface area contributed by atoms with Crippen LogP contribution in [0.25, 0.3) is 0 Å². The maximum atomic E-state index is 11.4. The van der Waals surface area contributed by atoms with Gasteiger partial charge in [0, 0.05) is 5.56 Å². The zero-order chi connectivity index (χ0) is 10.4. The molecule has 1 rings (SSSR count). The van der Waals surface area contributed by atoms with Crippen molar-refractivity contribution in [3.8, 4) is 0 Å². The van der Waals surface area contributed by atoms with Crippen molar-refractivity contribution in [2.45, 2.75) is 26.4 Å². The van der Waals surface area contributed by atoms with Crippen LogP contribution in [0.2, 0.25) is 0 Å². The van der Waals surface area contributed by atoms with E-state index in [2.05, 4.69) is 5.48 Å². The lowest BCUT2D eigenvalue weighted by Gasteiger charge is -2.10. The Morgan fingerprint density at radius 2 is 2.07 bits per heavy atom. The van der Waals surface area contributed by atoms with Gasteiger partial charge in [-0.05, 0) is 25.5 Å². The topological polar surface area (TPSA) is 38.3 Å². The molecule has 76 valence electrons. The van der Waals surface area contributed by atoms with Crippen LogP contribution in [0.1, 0.15) is 30.6 Å². The van der Waals surface area contributed by atoms with Gasteiger partial charge >= 0.3 is 0 Å². The van der Waals surface area contributed by atoms with Gasteiger partial charge in [0.25, 0.3) is 5.91 Å². The van der Waals surface area contributed by atoms with E-state index in [4.69, 9.17) is 4.84 Å². The number of hydrogen-bond donors (Lipinski definition) is 1. The molecule has 1 aromatic carbocycles. The smallest absolute Gasteiger partial charge is 0.270 e. The molecular weight excluding hydrogens is 178 g/mol. The molecule has 0 heterocycles. The van der Waals surface area contributed by atoms with Gasteiger partial charge in [-0.2, -0.15) is 0 Å². The van der Waals surface area contributed by atoms with Crippen molar-refractivity contribution in [3.05, 3.63) is 35.9 Å². The molecule has 14 heavy (non-hydrogen) atoms. The van der Waals surface area contributed by atoms with Crippen molar-refractivity contribution in [2.24, 2.45) is 0 Å². The molecule has 0 aliphatic heterocycles. The molecule has 1 atom stereocenters. The van der Waals surface area contributed by atoms with Gasteiger partial charge in [-0.15, -0.1) is 0 Å². The number of carbonyl (C=O) groups excluding carboxylic acids is 1. The average Bonchev–Trinajstić information content (AvgIpc) is 2.26. The number of carbonyl (C=O) groups is 1. The van der Waals surface area contributed by atoms with Crippen LogP contribution in [0.4, 0.5) is 0 Å². The molecule has 0 spiro atoms. The average molecular weight is 193 g/mol. The fourth-order valence-corrected chi connectivity index (χ4v) is 0.886. The van der Waals surface area contributed by atoms with Crippen LogP contribution in [0, 0.1) is 0 Å². The first-order chi connectivity index (χ1) is 6.74. The fourth-order valence-electron chi connectivity index (χ4n) is 0.886. The van der Waals surface area contributed by atoms with E-state index in [1.807, 2.05) is 32.0 Å². The Morgan fingerprint density at radius 1 is 1.43 bits per heavy atom. The molecule has 0 aromatic heterocycles. The minimum Gasteiger partial charge on any atom is -0.270 e. The van der Waals surface area contributed by atoms with Crippen molar-refractivity contribution in [2.75, 3.05) is 0 Å². The summed E-state index contributed by atoms with van der Waals surface area (Å²) in [6, 6.07) is 8.99. The summed E-state index contributed by atoms with van der Waals surface area (Å²) in [5.74, 6) is -0.203. The Balaban J connectivity index is 2.44. The lowest BCUT2D eigenvalue weighted by atomic mass is 10.2. The summed E-state index contributed by atoms with van der Waals surface area (Å²) in [7, 11) is 0. The van der Waals surface area contributed by atoms with Gasteiger partial charge in [0.1, 0.15) is 0 Å². The Morgan fingerprint density at radius 3 is 2.64 bits per heavy atom.